The molecule has 0 saturated carbocycles. The topological polar surface area (TPSA) is 105 Å². The lowest BCUT2D eigenvalue weighted by molar-refractivity contribution is -0.137. The first-order chi connectivity index (χ1) is 12.2. The van der Waals surface area contributed by atoms with Gasteiger partial charge in [-0.25, -0.2) is 0 Å². The van der Waals surface area contributed by atoms with Crippen molar-refractivity contribution >= 4 is 36.3 Å². The highest BCUT2D eigenvalue weighted by Gasteiger charge is 2.42. The predicted molar refractivity (Wildman–Crippen MR) is 104 cm³/mol. The van der Waals surface area contributed by atoms with Crippen molar-refractivity contribution in [2.45, 2.75) is 65.3 Å². The minimum absolute atomic E-state index is 0. The summed E-state index contributed by atoms with van der Waals surface area (Å²) in [4.78, 5) is 49.0. The molecule has 0 bridgehead atoms. The summed E-state index contributed by atoms with van der Waals surface area (Å²) in [6.45, 7) is 10.5. The van der Waals surface area contributed by atoms with Gasteiger partial charge in [0.15, 0.2) is 6.29 Å². The molecule has 3 atom stereocenters. The number of rotatable bonds is 10. The van der Waals surface area contributed by atoms with Gasteiger partial charge >= 0.3 is 0 Å². The normalized spacial score (nSPS) is 21.0. The highest BCUT2D eigenvalue weighted by molar-refractivity contribution is 6.26. The van der Waals surface area contributed by atoms with E-state index in [4.69, 9.17) is 4.74 Å². The second kappa shape index (κ2) is 12.2. The highest BCUT2D eigenvalue weighted by Crippen LogP contribution is 2.23. The number of likely N-dealkylation sites (tertiary alicyclic amines) is 1. The molecule has 0 aromatic heterocycles. The zero-order valence-electron chi connectivity index (χ0n) is 16.7. The molecule has 1 fully saturated rings. The Morgan fingerprint density at radius 3 is 2.33 bits per heavy atom. The molecule has 8 nitrogen and oxygen atoms in total. The van der Waals surface area contributed by atoms with Crippen molar-refractivity contribution in [1.29, 1.82) is 0 Å². The van der Waals surface area contributed by atoms with Crippen molar-refractivity contribution in [1.82, 2.24) is 15.5 Å². The van der Waals surface area contributed by atoms with Crippen LogP contribution >= 0.6 is 12.4 Å². The lowest BCUT2D eigenvalue weighted by atomic mass is 10.0. The molecule has 1 aliphatic rings. The molecule has 9 heteroatoms. The summed E-state index contributed by atoms with van der Waals surface area (Å²) in [7, 11) is 0. The summed E-state index contributed by atoms with van der Waals surface area (Å²) >= 11 is 0. The number of carbonyl (C=O) groups excluding carboxylic acids is 4. The zero-order valence-corrected chi connectivity index (χ0v) is 17.5. The smallest absolute Gasteiger partial charge is 0.246 e. The first-order valence-corrected chi connectivity index (χ1v) is 9.16. The number of hydrogen-bond donors (Lipinski definition) is 2. The second-order valence-electron chi connectivity index (χ2n) is 7.10. The minimum atomic E-state index is -0.748. The molecule has 1 saturated heterocycles. The Morgan fingerprint density at radius 2 is 1.85 bits per heavy atom. The monoisotopic (exact) mass is 405 g/mol. The number of amides is 2. The SMILES string of the molecule is CCOC1CCN(C(C)C)[C@@H]1C(=O)NC(=O)[C@@H](NCC(=O)C=O)C(C)C.Cl. The maximum atomic E-state index is 12.8. The Labute approximate surface area is 167 Å². The molecule has 0 aromatic carbocycles. The maximum absolute atomic E-state index is 12.8. The molecule has 156 valence electrons. The number of aldehydes is 1. The van der Waals surface area contributed by atoms with Crippen LogP contribution in [0.3, 0.4) is 0 Å². The lowest BCUT2D eigenvalue weighted by Gasteiger charge is -2.30. The first-order valence-electron chi connectivity index (χ1n) is 9.16. The molecule has 1 unspecified atom stereocenters. The summed E-state index contributed by atoms with van der Waals surface area (Å²) in [5.74, 6) is -1.70. The van der Waals surface area contributed by atoms with Gasteiger partial charge in [0.2, 0.25) is 17.6 Å². The molecule has 0 aromatic rings. The van der Waals surface area contributed by atoms with Gasteiger partial charge in [-0.3, -0.25) is 34.7 Å². The van der Waals surface area contributed by atoms with E-state index < -0.39 is 29.7 Å². The van der Waals surface area contributed by atoms with Crippen LogP contribution in [0.1, 0.15) is 41.0 Å². The lowest BCUT2D eigenvalue weighted by Crippen LogP contribution is -2.56. The van der Waals surface area contributed by atoms with Crippen LogP contribution in [0, 0.1) is 5.92 Å². The Bertz CT molecular complexity index is 527. The van der Waals surface area contributed by atoms with Crippen molar-refractivity contribution in [2.75, 3.05) is 19.7 Å². The summed E-state index contributed by atoms with van der Waals surface area (Å²) in [6, 6.07) is -1.12. The van der Waals surface area contributed by atoms with Gasteiger partial charge in [0, 0.05) is 19.2 Å². The number of Topliss-reactive ketones (excluding diaryl/α,β-unsaturated/α-hetero) is 1. The standard InChI is InChI=1S/C18H31N3O5.ClH/c1-6-26-14-7-8-21(12(4)5)16(14)18(25)20-17(24)15(11(2)3)19-9-13(23)10-22;/h10-12,14-16,19H,6-9H2,1-5H3,(H,20,24,25);1H/t14?,15-,16-;/m0./s1. The molecular weight excluding hydrogens is 374 g/mol. The van der Waals surface area contributed by atoms with Gasteiger partial charge in [-0.1, -0.05) is 13.8 Å². The summed E-state index contributed by atoms with van der Waals surface area (Å²) < 4.78 is 5.69. The van der Waals surface area contributed by atoms with E-state index in [1.54, 1.807) is 13.8 Å². The molecule has 1 heterocycles. The van der Waals surface area contributed by atoms with Crippen LogP contribution in [0.25, 0.3) is 0 Å². The van der Waals surface area contributed by atoms with Gasteiger partial charge in [-0.05, 0) is 33.1 Å². The predicted octanol–water partition coefficient (Wildman–Crippen LogP) is 0.321. The highest BCUT2D eigenvalue weighted by atomic mass is 35.5. The number of imide groups is 1. The Hall–Kier alpha value is -1.35. The molecule has 0 radical (unpaired) electrons. The molecular formula is C18H32ClN3O5. The van der Waals surface area contributed by atoms with Crippen LogP contribution in [0.2, 0.25) is 0 Å². The summed E-state index contributed by atoms with van der Waals surface area (Å²) in [5.41, 5.74) is 0. The molecule has 1 rings (SSSR count). The molecule has 0 aliphatic carbocycles. The van der Waals surface area contributed by atoms with E-state index in [0.717, 1.165) is 13.0 Å². The number of ketones is 1. The van der Waals surface area contributed by atoms with E-state index in [1.165, 1.54) is 0 Å². The number of nitrogens with one attached hydrogen (secondary N) is 2. The van der Waals surface area contributed by atoms with Crippen LogP contribution in [-0.4, -0.2) is 72.7 Å². The fourth-order valence-corrected chi connectivity index (χ4v) is 3.23. The number of nitrogens with zero attached hydrogens (tertiary/aromatic N) is 1. The molecule has 1 aliphatic heterocycles. The number of ether oxygens (including phenoxy) is 1. The van der Waals surface area contributed by atoms with Gasteiger partial charge in [0.1, 0.15) is 6.04 Å². The van der Waals surface area contributed by atoms with Gasteiger partial charge in [0.25, 0.3) is 0 Å². The van der Waals surface area contributed by atoms with Crippen molar-refractivity contribution in [3.63, 3.8) is 0 Å². The van der Waals surface area contributed by atoms with E-state index in [2.05, 4.69) is 10.6 Å². The third kappa shape index (κ3) is 7.29. The third-order valence-electron chi connectivity index (χ3n) is 4.52. The van der Waals surface area contributed by atoms with Crippen LogP contribution in [-0.2, 0) is 23.9 Å². The van der Waals surface area contributed by atoms with Crippen LogP contribution < -0.4 is 10.6 Å². The summed E-state index contributed by atoms with van der Waals surface area (Å²) in [5, 5.41) is 5.20. The molecule has 27 heavy (non-hydrogen) atoms. The number of halogens is 1. The maximum Gasteiger partial charge on any atom is 0.246 e. The molecule has 0 spiro atoms. The van der Waals surface area contributed by atoms with E-state index >= 15 is 0 Å². The van der Waals surface area contributed by atoms with Gasteiger partial charge < -0.3 is 4.74 Å². The average Bonchev–Trinajstić information content (AvgIpc) is 2.98. The third-order valence-corrected chi connectivity index (χ3v) is 4.52. The number of carbonyl (C=O) groups is 4. The molecule has 2 amide bonds. The zero-order chi connectivity index (χ0) is 19.9. The Kier molecular flexibility index (Phi) is 11.6. The Balaban J connectivity index is 0.00000676. The van der Waals surface area contributed by atoms with Crippen molar-refractivity contribution in [2.24, 2.45) is 5.92 Å². The number of hydrogen-bond acceptors (Lipinski definition) is 7. The van der Waals surface area contributed by atoms with Crippen LogP contribution in [0.4, 0.5) is 0 Å². The molecule has 2 N–H and O–H groups in total. The van der Waals surface area contributed by atoms with Crippen molar-refractivity contribution < 1.29 is 23.9 Å². The Morgan fingerprint density at radius 1 is 1.22 bits per heavy atom. The van der Waals surface area contributed by atoms with Gasteiger partial charge in [-0.15, -0.1) is 12.4 Å². The average molecular weight is 406 g/mol. The summed E-state index contributed by atoms with van der Waals surface area (Å²) in [6.07, 6.45) is 0.689. The van der Waals surface area contributed by atoms with Gasteiger partial charge in [-0.2, -0.15) is 0 Å². The van der Waals surface area contributed by atoms with E-state index in [1.807, 2.05) is 25.7 Å². The quantitative estimate of drug-likeness (QED) is 0.398. The van der Waals surface area contributed by atoms with Crippen LogP contribution in [0.15, 0.2) is 0 Å². The fraction of sp³-hybridized carbons (Fsp3) is 0.778. The van der Waals surface area contributed by atoms with E-state index in [9.17, 15) is 19.2 Å². The van der Waals surface area contributed by atoms with Gasteiger partial charge in [0.05, 0.1) is 18.7 Å². The largest absolute Gasteiger partial charge is 0.376 e. The first kappa shape index (κ1) is 25.6. The van der Waals surface area contributed by atoms with Crippen LogP contribution in [0.5, 0.6) is 0 Å². The van der Waals surface area contributed by atoms with Crippen molar-refractivity contribution in [3.8, 4) is 0 Å². The fourth-order valence-electron chi connectivity index (χ4n) is 3.23. The minimum Gasteiger partial charge on any atom is -0.376 e. The van der Waals surface area contributed by atoms with E-state index in [-0.39, 0.29) is 43.3 Å². The van der Waals surface area contributed by atoms with Crippen molar-refractivity contribution in [3.05, 3.63) is 0 Å². The second-order valence-corrected chi connectivity index (χ2v) is 7.10. The van der Waals surface area contributed by atoms with E-state index in [0.29, 0.717) is 6.61 Å².